The molecular weight excluding hydrogens is 394 g/mol. The number of rotatable bonds is 3. The second-order valence-electron chi connectivity index (χ2n) is 8.73. The van der Waals surface area contributed by atoms with E-state index in [2.05, 4.69) is 10.00 Å². The van der Waals surface area contributed by atoms with E-state index in [1.165, 1.54) is 0 Å². The first-order chi connectivity index (χ1) is 15.0. The van der Waals surface area contributed by atoms with Gasteiger partial charge in [0.05, 0.1) is 42.5 Å². The molecule has 2 aliphatic rings. The summed E-state index contributed by atoms with van der Waals surface area (Å²) in [5.74, 6) is 0.947. The van der Waals surface area contributed by atoms with Crippen molar-refractivity contribution in [3.05, 3.63) is 35.0 Å². The van der Waals surface area contributed by atoms with Crippen LogP contribution in [-0.2, 0) is 11.8 Å². The van der Waals surface area contributed by atoms with Crippen LogP contribution in [0.5, 0.6) is 0 Å². The quantitative estimate of drug-likeness (QED) is 0.685. The Labute approximate surface area is 181 Å². The van der Waals surface area contributed by atoms with Gasteiger partial charge in [-0.1, -0.05) is 0 Å². The molecule has 31 heavy (non-hydrogen) atoms. The van der Waals surface area contributed by atoms with Gasteiger partial charge < -0.3 is 14.7 Å². The van der Waals surface area contributed by atoms with Crippen LogP contribution in [-0.4, -0.2) is 60.6 Å². The number of morpholine rings is 1. The first kappa shape index (κ1) is 20.3. The smallest absolute Gasteiger partial charge is 0.227 e. The number of hydrogen-bond donors (Lipinski definition) is 1. The molecule has 3 aromatic rings. The Hall–Kier alpha value is -2.65. The molecule has 5 rings (SSSR count). The number of ether oxygens (including phenoxy) is 1. The van der Waals surface area contributed by atoms with Crippen molar-refractivity contribution < 1.29 is 9.84 Å². The SMILES string of the molecule is Cc1nc2nc(N3CCO[C@@H](c4cnn(C)c4)C3)nc(C3CCC(O)CC3)c2nc1C. The molecule has 164 valence electrons. The highest BCUT2D eigenvalue weighted by atomic mass is 16.5. The Bertz CT molecular complexity index is 1090. The lowest BCUT2D eigenvalue weighted by atomic mass is 9.85. The van der Waals surface area contributed by atoms with Gasteiger partial charge in [-0.15, -0.1) is 0 Å². The fourth-order valence-electron chi connectivity index (χ4n) is 4.54. The molecule has 9 nitrogen and oxygen atoms in total. The molecule has 1 N–H and O–H groups in total. The third-order valence-electron chi connectivity index (χ3n) is 6.49. The van der Waals surface area contributed by atoms with E-state index in [-0.39, 0.29) is 18.1 Å². The lowest BCUT2D eigenvalue weighted by molar-refractivity contribution is 0.0392. The molecule has 1 aliphatic carbocycles. The highest BCUT2D eigenvalue weighted by Gasteiger charge is 2.29. The molecule has 1 saturated carbocycles. The van der Waals surface area contributed by atoms with Gasteiger partial charge in [-0.05, 0) is 39.5 Å². The van der Waals surface area contributed by atoms with Crippen LogP contribution >= 0.6 is 0 Å². The van der Waals surface area contributed by atoms with E-state index in [1.807, 2.05) is 33.3 Å². The van der Waals surface area contributed by atoms with Crippen molar-refractivity contribution in [1.29, 1.82) is 0 Å². The van der Waals surface area contributed by atoms with Gasteiger partial charge in [0.1, 0.15) is 11.6 Å². The van der Waals surface area contributed by atoms with E-state index in [1.54, 1.807) is 4.68 Å². The van der Waals surface area contributed by atoms with Crippen LogP contribution in [0.4, 0.5) is 5.95 Å². The van der Waals surface area contributed by atoms with Crippen LogP contribution in [0.25, 0.3) is 11.2 Å². The largest absolute Gasteiger partial charge is 0.393 e. The standard InChI is InChI=1S/C22H29N7O2/c1-13-14(2)25-21-20(24-13)19(15-4-6-17(30)7-5-15)26-22(27-21)29-8-9-31-18(12-29)16-10-23-28(3)11-16/h10-11,15,17-18,30H,4-9,12H2,1-3H3/t15?,17?,18-/m1/s1. The maximum absolute atomic E-state index is 9.98. The summed E-state index contributed by atoms with van der Waals surface area (Å²) in [6, 6.07) is 0. The number of hydrogen-bond acceptors (Lipinski definition) is 8. The maximum atomic E-state index is 9.98. The van der Waals surface area contributed by atoms with Crippen LogP contribution in [0.1, 0.15) is 60.4 Å². The predicted molar refractivity (Wildman–Crippen MR) is 116 cm³/mol. The molecule has 0 amide bonds. The fourth-order valence-corrected chi connectivity index (χ4v) is 4.54. The van der Waals surface area contributed by atoms with Crippen LogP contribution in [0, 0.1) is 13.8 Å². The number of anilines is 1. The summed E-state index contributed by atoms with van der Waals surface area (Å²) in [5, 5.41) is 14.3. The Morgan fingerprint density at radius 3 is 2.55 bits per heavy atom. The van der Waals surface area contributed by atoms with Gasteiger partial charge >= 0.3 is 0 Å². The van der Waals surface area contributed by atoms with Crippen molar-refractivity contribution in [2.75, 3.05) is 24.6 Å². The molecule has 1 aliphatic heterocycles. The molecule has 0 unspecified atom stereocenters. The molecule has 0 bridgehead atoms. The van der Waals surface area contributed by atoms with Crippen LogP contribution in [0.15, 0.2) is 12.4 Å². The summed E-state index contributed by atoms with van der Waals surface area (Å²) in [4.78, 5) is 21.6. The number of nitrogens with zero attached hydrogens (tertiary/aromatic N) is 7. The monoisotopic (exact) mass is 423 g/mol. The third kappa shape index (κ3) is 3.99. The van der Waals surface area contributed by atoms with Gasteiger partial charge in [-0.25, -0.2) is 15.0 Å². The normalized spacial score (nSPS) is 24.6. The summed E-state index contributed by atoms with van der Waals surface area (Å²) in [7, 11) is 1.91. The van der Waals surface area contributed by atoms with Crippen LogP contribution in [0.3, 0.4) is 0 Å². The highest BCUT2D eigenvalue weighted by Crippen LogP contribution is 2.36. The van der Waals surface area contributed by atoms with E-state index in [0.29, 0.717) is 24.7 Å². The lowest BCUT2D eigenvalue weighted by Crippen LogP contribution is -2.39. The minimum absolute atomic E-state index is 0.0686. The Morgan fingerprint density at radius 2 is 1.81 bits per heavy atom. The van der Waals surface area contributed by atoms with E-state index >= 15 is 0 Å². The molecular formula is C22H29N7O2. The highest BCUT2D eigenvalue weighted by molar-refractivity contribution is 5.75. The maximum Gasteiger partial charge on any atom is 0.227 e. The van der Waals surface area contributed by atoms with Crippen LogP contribution in [0.2, 0.25) is 0 Å². The van der Waals surface area contributed by atoms with Gasteiger partial charge in [-0.2, -0.15) is 10.1 Å². The molecule has 1 atom stereocenters. The minimum Gasteiger partial charge on any atom is -0.393 e. The zero-order valence-electron chi connectivity index (χ0n) is 18.3. The minimum atomic E-state index is -0.210. The van der Waals surface area contributed by atoms with Crippen molar-refractivity contribution in [1.82, 2.24) is 29.7 Å². The summed E-state index contributed by atoms with van der Waals surface area (Å²) in [6.07, 6.45) is 6.97. The molecule has 4 heterocycles. The number of aliphatic hydroxyl groups is 1. The van der Waals surface area contributed by atoms with Gasteiger partial charge in [0, 0.05) is 31.3 Å². The molecule has 0 radical (unpaired) electrons. The van der Waals surface area contributed by atoms with Crippen molar-refractivity contribution in [2.45, 2.75) is 57.7 Å². The first-order valence-corrected chi connectivity index (χ1v) is 11.0. The number of aryl methyl sites for hydroxylation is 3. The van der Waals surface area contributed by atoms with Crippen molar-refractivity contribution in [3.8, 4) is 0 Å². The molecule has 0 spiro atoms. The van der Waals surface area contributed by atoms with Crippen LogP contribution < -0.4 is 4.90 Å². The van der Waals surface area contributed by atoms with E-state index in [9.17, 15) is 5.11 Å². The van der Waals surface area contributed by atoms with Crippen molar-refractivity contribution in [3.63, 3.8) is 0 Å². The molecule has 3 aromatic heterocycles. The number of aliphatic hydroxyl groups excluding tert-OH is 1. The Balaban J connectivity index is 1.53. The van der Waals surface area contributed by atoms with Crippen molar-refractivity contribution >= 4 is 17.1 Å². The van der Waals surface area contributed by atoms with Gasteiger partial charge in [0.2, 0.25) is 5.95 Å². The van der Waals surface area contributed by atoms with E-state index < -0.39 is 0 Å². The summed E-state index contributed by atoms with van der Waals surface area (Å²) >= 11 is 0. The summed E-state index contributed by atoms with van der Waals surface area (Å²) in [6.45, 7) is 5.93. The molecule has 9 heteroatoms. The van der Waals surface area contributed by atoms with E-state index in [0.717, 1.165) is 60.4 Å². The summed E-state index contributed by atoms with van der Waals surface area (Å²) in [5.41, 5.74) is 5.26. The Kier molecular flexibility index (Phi) is 5.31. The van der Waals surface area contributed by atoms with Gasteiger partial charge in [-0.3, -0.25) is 4.68 Å². The average molecular weight is 424 g/mol. The second-order valence-corrected chi connectivity index (χ2v) is 8.73. The van der Waals surface area contributed by atoms with E-state index in [4.69, 9.17) is 24.7 Å². The number of fused-ring (bicyclic) bond motifs is 1. The Morgan fingerprint density at radius 1 is 1.03 bits per heavy atom. The van der Waals surface area contributed by atoms with Gasteiger partial charge in [0.15, 0.2) is 5.65 Å². The third-order valence-corrected chi connectivity index (χ3v) is 6.49. The average Bonchev–Trinajstić information content (AvgIpc) is 3.21. The topological polar surface area (TPSA) is 102 Å². The first-order valence-electron chi connectivity index (χ1n) is 11.0. The lowest BCUT2D eigenvalue weighted by Gasteiger charge is -2.33. The molecule has 2 fully saturated rings. The van der Waals surface area contributed by atoms with Crippen molar-refractivity contribution in [2.24, 2.45) is 7.05 Å². The second kappa shape index (κ2) is 8.12. The summed E-state index contributed by atoms with van der Waals surface area (Å²) < 4.78 is 7.80. The molecule has 1 saturated heterocycles. The fraction of sp³-hybridized carbons (Fsp3) is 0.591. The predicted octanol–water partition coefficient (Wildman–Crippen LogP) is 2.37. The van der Waals surface area contributed by atoms with Gasteiger partial charge in [0.25, 0.3) is 0 Å². The molecule has 0 aromatic carbocycles. The zero-order chi connectivity index (χ0) is 21.5. The number of aromatic nitrogens is 6. The zero-order valence-corrected chi connectivity index (χ0v) is 18.3.